The lowest BCUT2D eigenvalue weighted by Gasteiger charge is -2.17. The van der Waals surface area contributed by atoms with Crippen LogP contribution in [0.4, 0.5) is 17.6 Å². The molecule has 0 aliphatic rings. The minimum atomic E-state index is -4.69. The fraction of sp³-hybridized carbons (Fsp3) is 0.0952. The number of fused-ring (bicyclic) bond motifs is 1. The first-order valence-corrected chi connectivity index (χ1v) is 8.80. The van der Waals surface area contributed by atoms with E-state index in [9.17, 15) is 22.4 Å². The standard InChI is InChI=1S/C21H14F4N4O/c22-17-10-15(21(23,24)25)5-6-16(17)19(20(26)30)13-3-1-12(2-4-13)14-7-8-29-18(9-14)27-11-28-29/h1-11,19H,(H2,26,30). The Kier molecular flexibility index (Phi) is 4.73. The lowest BCUT2D eigenvalue weighted by Crippen LogP contribution is -2.23. The van der Waals surface area contributed by atoms with Gasteiger partial charge in [0.15, 0.2) is 5.65 Å². The number of pyridine rings is 1. The van der Waals surface area contributed by atoms with Gasteiger partial charge in [-0.15, -0.1) is 0 Å². The van der Waals surface area contributed by atoms with E-state index in [2.05, 4.69) is 10.1 Å². The number of hydrogen-bond acceptors (Lipinski definition) is 3. The molecule has 1 atom stereocenters. The first-order valence-electron chi connectivity index (χ1n) is 8.80. The second-order valence-corrected chi connectivity index (χ2v) is 6.67. The SMILES string of the molecule is NC(=O)C(c1ccc(-c2ccn3ncnc3c2)cc1)c1ccc(C(F)(F)F)cc1F. The fourth-order valence-corrected chi connectivity index (χ4v) is 3.30. The van der Waals surface area contributed by atoms with Crippen LogP contribution < -0.4 is 5.73 Å². The average Bonchev–Trinajstić information content (AvgIpc) is 3.17. The third kappa shape index (κ3) is 3.61. The van der Waals surface area contributed by atoms with E-state index < -0.39 is 29.4 Å². The number of benzene rings is 2. The van der Waals surface area contributed by atoms with Crippen molar-refractivity contribution in [2.45, 2.75) is 12.1 Å². The lowest BCUT2D eigenvalue weighted by atomic mass is 9.88. The van der Waals surface area contributed by atoms with Crippen molar-refractivity contribution in [1.82, 2.24) is 14.6 Å². The third-order valence-corrected chi connectivity index (χ3v) is 4.78. The zero-order valence-electron chi connectivity index (χ0n) is 15.3. The molecule has 0 fully saturated rings. The number of hydrogen-bond donors (Lipinski definition) is 1. The minimum absolute atomic E-state index is 0.215. The van der Waals surface area contributed by atoms with Crippen LogP contribution in [0.5, 0.6) is 0 Å². The molecule has 0 saturated heterocycles. The number of rotatable bonds is 4. The molecule has 4 aromatic rings. The second kappa shape index (κ2) is 7.25. The summed E-state index contributed by atoms with van der Waals surface area (Å²) in [5.41, 5.74) is 6.77. The van der Waals surface area contributed by atoms with Crippen LogP contribution in [0.3, 0.4) is 0 Å². The Morgan fingerprint density at radius 2 is 1.73 bits per heavy atom. The molecule has 0 aliphatic heterocycles. The van der Waals surface area contributed by atoms with E-state index in [1.807, 2.05) is 12.1 Å². The molecule has 0 bridgehead atoms. The van der Waals surface area contributed by atoms with E-state index in [0.717, 1.165) is 23.3 Å². The molecule has 2 aromatic carbocycles. The molecule has 4 rings (SSSR count). The van der Waals surface area contributed by atoms with Crippen LogP contribution in [0.2, 0.25) is 0 Å². The van der Waals surface area contributed by atoms with Gasteiger partial charge in [-0.3, -0.25) is 4.79 Å². The molecule has 2 heterocycles. The smallest absolute Gasteiger partial charge is 0.369 e. The normalized spacial score (nSPS) is 12.8. The summed E-state index contributed by atoms with van der Waals surface area (Å²) in [5.74, 6) is -3.23. The van der Waals surface area contributed by atoms with Crippen molar-refractivity contribution in [2.24, 2.45) is 5.73 Å². The number of alkyl halides is 3. The summed E-state index contributed by atoms with van der Waals surface area (Å²) in [6.45, 7) is 0. The summed E-state index contributed by atoms with van der Waals surface area (Å²) in [4.78, 5) is 16.1. The highest BCUT2D eigenvalue weighted by molar-refractivity contribution is 5.86. The van der Waals surface area contributed by atoms with Gasteiger partial charge in [-0.1, -0.05) is 30.3 Å². The van der Waals surface area contributed by atoms with Gasteiger partial charge in [0.05, 0.1) is 11.5 Å². The lowest BCUT2D eigenvalue weighted by molar-refractivity contribution is -0.137. The van der Waals surface area contributed by atoms with E-state index in [1.165, 1.54) is 6.33 Å². The van der Waals surface area contributed by atoms with Gasteiger partial charge in [0.1, 0.15) is 12.1 Å². The molecule has 0 aliphatic carbocycles. The van der Waals surface area contributed by atoms with Crippen LogP contribution in [0.15, 0.2) is 67.1 Å². The van der Waals surface area contributed by atoms with E-state index in [-0.39, 0.29) is 5.56 Å². The first kappa shape index (κ1) is 19.6. The van der Waals surface area contributed by atoms with Crippen molar-refractivity contribution in [3.63, 3.8) is 0 Å². The molecule has 30 heavy (non-hydrogen) atoms. The van der Waals surface area contributed by atoms with Crippen molar-refractivity contribution < 1.29 is 22.4 Å². The predicted octanol–water partition coefficient (Wildman–Crippen LogP) is 4.17. The van der Waals surface area contributed by atoms with E-state index in [1.54, 1.807) is 35.0 Å². The van der Waals surface area contributed by atoms with Gasteiger partial charge in [-0.2, -0.15) is 18.3 Å². The fourth-order valence-electron chi connectivity index (χ4n) is 3.30. The molecule has 1 unspecified atom stereocenters. The Morgan fingerprint density at radius 3 is 2.37 bits per heavy atom. The summed E-state index contributed by atoms with van der Waals surface area (Å²) in [5, 5.41) is 4.02. The van der Waals surface area contributed by atoms with E-state index >= 15 is 0 Å². The van der Waals surface area contributed by atoms with Gasteiger partial charge in [-0.05, 0) is 41.0 Å². The highest BCUT2D eigenvalue weighted by Gasteiger charge is 2.32. The van der Waals surface area contributed by atoms with Crippen molar-refractivity contribution in [1.29, 1.82) is 0 Å². The highest BCUT2D eigenvalue weighted by Crippen LogP contribution is 2.34. The summed E-state index contributed by atoms with van der Waals surface area (Å²) < 4.78 is 54.4. The van der Waals surface area contributed by atoms with Crippen LogP contribution in [0.1, 0.15) is 22.6 Å². The number of primary amides is 1. The highest BCUT2D eigenvalue weighted by atomic mass is 19.4. The topological polar surface area (TPSA) is 73.3 Å². The Labute approximate surface area is 167 Å². The van der Waals surface area contributed by atoms with Crippen LogP contribution in [0.25, 0.3) is 16.8 Å². The molecule has 0 radical (unpaired) electrons. The number of aromatic nitrogens is 3. The van der Waals surface area contributed by atoms with Crippen molar-refractivity contribution in [3.05, 3.63) is 89.6 Å². The number of nitrogens with zero attached hydrogens (tertiary/aromatic N) is 3. The Hall–Kier alpha value is -3.75. The van der Waals surface area contributed by atoms with Crippen LogP contribution >= 0.6 is 0 Å². The maximum atomic E-state index is 14.4. The average molecular weight is 414 g/mol. The minimum Gasteiger partial charge on any atom is -0.369 e. The Morgan fingerprint density at radius 1 is 1.00 bits per heavy atom. The maximum absolute atomic E-state index is 14.4. The molecular weight excluding hydrogens is 400 g/mol. The van der Waals surface area contributed by atoms with E-state index in [4.69, 9.17) is 5.73 Å². The monoisotopic (exact) mass is 414 g/mol. The van der Waals surface area contributed by atoms with Crippen LogP contribution in [0, 0.1) is 5.82 Å². The third-order valence-electron chi connectivity index (χ3n) is 4.78. The molecule has 0 spiro atoms. The zero-order chi connectivity index (χ0) is 21.5. The van der Waals surface area contributed by atoms with Crippen molar-refractivity contribution in [2.75, 3.05) is 0 Å². The molecule has 5 nitrogen and oxygen atoms in total. The molecular formula is C21H14F4N4O. The summed E-state index contributed by atoms with van der Waals surface area (Å²) in [6.07, 6.45) is -1.51. The second-order valence-electron chi connectivity index (χ2n) is 6.67. The number of carbonyl (C=O) groups excluding carboxylic acids is 1. The number of amides is 1. The quantitative estimate of drug-likeness (QED) is 0.510. The molecule has 1 amide bonds. The number of halogens is 4. The number of carbonyl (C=O) groups is 1. The molecule has 9 heteroatoms. The molecule has 152 valence electrons. The first-order chi connectivity index (χ1) is 14.2. The van der Waals surface area contributed by atoms with Gasteiger partial charge in [0, 0.05) is 11.8 Å². The Balaban J connectivity index is 1.69. The summed E-state index contributed by atoms with van der Waals surface area (Å²) in [7, 11) is 0. The summed E-state index contributed by atoms with van der Waals surface area (Å²) >= 11 is 0. The maximum Gasteiger partial charge on any atom is 0.416 e. The largest absolute Gasteiger partial charge is 0.416 e. The van der Waals surface area contributed by atoms with Gasteiger partial charge in [0.2, 0.25) is 5.91 Å². The molecule has 2 aromatic heterocycles. The van der Waals surface area contributed by atoms with Crippen molar-refractivity contribution >= 4 is 11.6 Å². The van der Waals surface area contributed by atoms with Gasteiger partial charge in [0.25, 0.3) is 0 Å². The molecule has 0 saturated carbocycles. The predicted molar refractivity (Wildman–Crippen MR) is 101 cm³/mol. The summed E-state index contributed by atoms with van der Waals surface area (Å²) in [6, 6.07) is 12.3. The van der Waals surface area contributed by atoms with Gasteiger partial charge < -0.3 is 5.73 Å². The van der Waals surface area contributed by atoms with Crippen LogP contribution in [-0.4, -0.2) is 20.5 Å². The Bertz CT molecular complexity index is 1230. The van der Waals surface area contributed by atoms with Gasteiger partial charge in [-0.25, -0.2) is 13.9 Å². The van der Waals surface area contributed by atoms with E-state index in [0.29, 0.717) is 17.3 Å². The zero-order valence-corrected chi connectivity index (χ0v) is 15.3. The molecule has 2 N–H and O–H groups in total. The van der Waals surface area contributed by atoms with Crippen molar-refractivity contribution in [3.8, 4) is 11.1 Å². The number of nitrogens with two attached hydrogens (primary N) is 1. The van der Waals surface area contributed by atoms with Gasteiger partial charge >= 0.3 is 6.18 Å². The van der Waals surface area contributed by atoms with Crippen LogP contribution in [-0.2, 0) is 11.0 Å².